The Kier molecular flexibility index (Phi) is 4.48. The quantitative estimate of drug-likeness (QED) is 0.597. The Balaban J connectivity index is 1.77. The highest BCUT2D eigenvalue weighted by molar-refractivity contribution is 6.36. The Morgan fingerprint density at radius 3 is 2.77 bits per heavy atom. The van der Waals surface area contributed by atoms with Gasteiger partial charge in [-0.25, -0.2) is 0 Å². The van der Waals surface area contributed by atoms with Gasteiger partial charge in [0.25, 0.3) is 5.91 Å². The highest BCUT2D eigenvalue weighted by Gasteiger charge is 2.21. The summed E-state index contributed by atoms with van der Waals surface area (Å²) in [5.74, 6) is -0.0728. The molecule has 0 fully saturated rings. The van der Waals surface area contributed by atoms with E-state index in [2.05, 4.69) is 6.58 Å². The van der Waals surface area contributed by atoms with Gasteiger partial charge in [-0.05, 0) is 49.1 Å². The molecular formula is C22H19ClN2O. The number of para-hydroxylation sites is 1. The summed E-state index contributed by atoms with van der Waals surface area (Å²) < 4.78 is 0. The molecule has 0 spiro atoms. The minimum absolute atomic E-state index is 0.0728. The second-order valence-electron chi connectivity index (χ2n) is 6.48. The number of nitrogens with zero attached hydrogens (tertiary/aromatic N) is 2. The molecular weight excluding hydrogens is 344 g/mol. The maximum Gasteiger partial charge on any atom is 0.258 e. The lowest BCUT2D eigenvalue weighted by atomic mass is 10.1. The molecule has 4 rings (SSSR count). The minimum Gasteiger partial charge on any atom is -0.305 e. The Hall–Kier alpha value is -2.65. The van der Waals surface area contributed by atoms with Gasteiger partial charge in [0.05, 0.1) is 10.5 Å². The number of carbonyl (C=O) groups is 1. The molecule has 1 aliphatic carbocycles. The van der Waals surface area contributed by atoms with Crippen LogP contribution in [0.25, 0.3) is 10.9 Å². The number of amides is 1. The second-order valence-corrected chi connectivity index (χ2v) is 6.85. The summed E-state index contributed by atoms with van der Waals surface area (Å²) in [6.45, 7) is 4.22. The Bertz CT molecular complexity index is 998. The molecule has 4 heteroatoms. The standard InChI is InChI=1S/C22H19ClN2O/c1-2-13-25(16-7-4-3-5-8-16)22(26)15-11-12-18-20(14-15)24-19-10-6-9-17(19)21(18)23/h2-5,7-8,11-12,14H,1,6,9-10,13H2. The van der Waals surface area contributed by atoms with E-state index >= 15 is 0 Å². The predicted octanol–water partition coefficient (Wildman–Crippen LogP) is 5.21. The zero-order chi connectivity index (χ0) is 18.1. The number of aromatic nitrogens is 1. The third-order valence-corrected chi connectivity index (χ3v) is 5.25. The Labute approximate surface area is 157 Å². The highest BCUT2D eigenvalue weighted by atomic mass is 35.5. The zero-order valence-electron chi connectivity index (χ0n) is 14.4. The fourth-order valence-electron chi connectivity index (χ4n) is 3.54. The van der Waals surface area contributed by atoms with Gasteiger partial charge in [-0.1, -0.05) is 41.9 Å². The van der Waals surface area contributed by atoms with Gasteiger partial charge in [-0.3, -0.25) is 9.78 Å². The summed E-state index contributed by atoms with van der Waals surface area (Å²) in [4.78, 5) is 19.6. The average Bonchev–Trinajstić information content (AvgIpc) is 3.15. The number of hydrogen-bond donors (Lipinski definition) is 0. The largest absolute Gasteiger partial charge is 0.305 e. The molecule has 0 unspecified atom stereocenters. The summed E-state index contributed by atoms with van der Waals surface area (Å²) in [7, 11) is 0. The van der Waals surface area contributed by atoms with E-state index in [9.17, 15) is 4.79 Å². The maximum absolute atomic E-state index is 13.1. The van der Waals surface area contributed by atoms with E-state index in [1.807, 2.05) is 48.5 Å². The number of benzene rings is 2. The summed E-state index contributed by atoms with van der Waals surface area (Å²) >= 11 is 6.58. The molecule has 0 saturated carbocycles. The molecule has 2 aromatic carbocycles. The predicted molar refractivity (Wildman–Crippen MR) is 107 cm³/mol. The van der Waals surface area contributed by atoms with Crippen molar-refractivity contribution >= 4 is 34.1 Å². The summed E-state index contributed by atoms with van der Waals surface area (Å²) in [5, 5.41) is 1.70. The van der Waals surface area contributed by atoms with Gasteiger partial charge in [-0.2, -0.15) is 0 Å². The van der Waals surface area contributed by atoms with E-state index in [0.29, 0.717) is 12.1 Å². The Morgan fingerprint density at radius 2 is 2.00 bits per heavy atom. The first-order valence-electron chi connectivity index (χ1n) is 8.78. The van der Waals surface area contributed by atoms with Gasteiger partial charge in [0, 0.05) is 28.9 Å². The van der Waals surface area contributed by atoms with Gasteiger partial charge in [0.2, 0.25) is 0 Å². The lowest BCUT2D eigenvalue weighted by molar-refractivity contribution is 0.0990. The monoisotopic (exact) mass is 362 g/mol. The smallest absolute Gasteiger partial charge is 0.258 e. The number of hydrogen-bond acceptors (Lipinski definition) is 2. The number of fused-ring (bicyclic) bond motifs is 2. The van der Waals surface area contributed by atoms with E-state index < -0.39 is 0 Å². The molecule has 0 N–H and O–H groups in total. The lowest BCUT2D eigenvalue weighted by Gasteiger charge is -2.21. The van der Waals surface area contributed by atoms with Crippen molar-refractivity contribution in [2.45, 2.75) is 19.3 Å². The van der Waals surface area contributed by atoms with Crippen LogP contribution in [0.2, 0.25) is 5.02 Å². The van der Waals surface area contributed by atoms with Crippen molar-refractivity contribution in [2.75, 3.05) is 11.4 Å². The first-order valence-corrected chi connectivity index (χ1v) is 9.15. The molecule has 130 valence electrons. The molecule has 0 saturated heterocycles. The molecule has 3 nitrogen and oxygen atoms in total. The number of rotatable bonds is 4. The van der Waals surface area contributed by atoms with Gasteiger partial charge >= 0.3 is 0 Å². The van der Waals surface area contributed by atoms with Crippen LogP contribution < -0.4 is 4.90 Å². The molecule has 0 bridgehead atoms. The third-order valence-electron chi connectivity index (χ3n) is 4.81. The van der Waals surface area contributed by atoms with E-state index in [4.69, 9.17) is 16.6 Å². The van der Waals surface area contributed by atoms with Crippen LogP contribution in [0.5, 0.6) is 0 Å². The van der Waals surface area contributed by atoms with Crippen LogP contribution in [-0.4, -0.2) is 17.4 Å². The van der Waals surface area contributed by atoms with Crippen LogP contribution in [0, 0.1) is 0 Å². The summed E-state index contributed by atoms with van der Waals surface area (Å²) in [6.07, 6.45) is 4.76. The van der Waals surface area contributed by atoms with Crippen molar-refractivity contribution in [1.82, 2.24) is 4.98 Å². The minimum atomic E-state index is -0.0728. The summed E-state index contributed by atoms with van der Waals surface area (Å²) in [6, 6.07) is 15.2. The first kappa shape index (κ1) is 16.8. The first-order chi connectivity index (χ1) is 12.7. The number of aryl methyl sites for hydroxylation is 1. The van der Waals surface area contributed by atoms with Crippen molar-refractivity contribution in [2.24, 2.45) is 0 Å². The fourth-order valence-corrected chi connectivity index (χ4v) is 3.90. The number of carbonyl (C=O) groups excluding carboxylic acids is 1. The highest BCUT2D eigenvalue weighted by Crippen LogP contribution is 2.34. The summed E-state index contributed by atoms with van der Waals surface area (Å²) in [5.41, 5.74) is 4.46. The molecule has 0 radical (unpaired) electrons. The Morgan fingerprint density at radius 1 is 1.19 bits per heavy atom. The van der Waals surface area contributed by atoms with E-state index in [1.54, 1.807) is 11.0 Å². The normalized spacial score (nSPS) is 12.8. The van der Waals surface area contributed by atoms with Crippen molar-refractivity contribution in [3.8, 4) is 0 Å². The number of anilines is 1. The van der Waals surface area contributed by atoms with E-state index in [1.165, 1.54) is 0 Å². The molecule has 26 heavy (non-hydrogen) atoms. The van der Waals surface area contributed by atoms with Gasteiger partial charge < -0.3 is 4.90 Å². The van der Waals surface area contributed by atoms with Crippen LogP contribution in [0.15, 0.2) is 61.2 Å². The molecule has 1 aromatic heterocycles. The van der Waals surface area contributed by atoms with Crippen LogP contribution >= 0.6 is 11.6 Å². The average molecular weight is 363 g/mol. The van der Waals surface area contributed by atoms with Crippen LogP contribution in [-0.2, 0) is 12.8 Å². The number of pyridine rings is 1. The molecule has 3 aromatic rings. The topological polar surface area (TPSA) is 33.2 Å². The zero-order valence-corrected chi connectivity index (χ0v) is 15.2. The van der Waals surface area contributed by atoms with E-state index in [0.717, 1.165) is 52.1 Å². The van der Waals surface area contributed by atoms with E-state index in [-0.39, 0.29) is 5.91 Å². The van der Waals surface area contributed by atoms with Crippen molar-refractivity contribution in [1.29, 1.82) is 0 Å². The molecule has 1 aliphatic rings. The van der Waals surface area contributed by atoms with Crippen LogP contribution in [0.4, 0.5) is 5.69 Å². The second kappa shape index (κ2) is 6.93. The van der Waals surface area contributed by atoms with Gasteiger partial charge in [0.15, 0.2) is 0 Å². The van der Waals surface area contributed by atoms with Crippen molar-refractivity contribution < 1.29 is 4.79 Å². The maximum atomic E-state index is 13.1. The van der Waals surface area contributed by atoms with Crippen LogP contribution in [0.1, 0.15) is 28.0 Å². The SMILES string of the molecule is C=CCN(C(=O)c1ccc2c(Cl)c3c(nc2c1)CCC3)c1ccccc1. The molecule has 1 amide bonds. The van der Waals surface area contributed by atoms with Crippen molar-refractivity contribution in [3.05, 3.63) is 83.0 Å². The van der Waals surface area contributed by atoms with Crippen molar-refractivity contribution in [3.63, 3.8) is 0 Å². The molecule has 0 aliphatic heterocycles. The number of halogens is 1. The van der Waals surface area contributed by atoms with Gasteiger partial charge in [-0.15, -0.1) is 6.58 Å². The lowest BCUT2D eigenvalue weighted by Crippen LogP contribution is -2.31. The fraction of sp³-hybridized carbons (Fsp3) is 0.182. The van der Waals surface area contributed by atoms with Gasteiger partial charge in [0.1, 0.15) is 0 Å². The third kappa shape index (κ3) is 2.89. The van der Waals surface area contributed by atoms with Crippen LogP contribution in [0.3, 0.4) is 0 Å². The molecule has 1 heterocycles. The molecule has 0 atom stereocenters.